The van der Waals surface area contributed by atoms with E-state index in [0.717, 1.165) is 5.56 Å². The number of carbonyl (C=O) groups excluding carboxylic acids is 1. The number of anilines is 1. The SMILES string of the molecule is COc1cccc(OC)c1-n1c(CS(=O)(=O)[C@H](C)Cc2ncc(C)cc2NC(C)=O)nnc1-c1ccco1. The number of benzene rings is 1. The van der Waals surface area contributed by atoms with E-state index in [1.165, 1.54) is 27.4 Å². The quantitative estimate of drug-likeness (QED) is 0.319. The van der Waals surface area contributed by atoms with Crippen LogP contribution in [0.1, 0.15) is 30.9 Å². The van der Waals surface area contributed by atoms with Crippen LogP contribution < -0.4 is 14.8 Å². The van der Waals surface area contributed by atoms with E-state index in [1.54, 1.807) is 54.1 Å². The monoisotopic (exact) mass is 539 g/mol. The number of nitrogens with zero attached hydrogens (tertiary/aromatic N) is 4. The van der Waals surface area contributed by atoms with Crippen molar-refractivity contribution in [3.8, 4) is 28.8 Å². The molecule has 3 aromatic heterocycles. The molecule has 0 saturated carbocycles. The number of aromatic nitrogens is 4. The number of carbonyl (C=O) groups is 1. The Morgan fingerprint density at radius 3 is 2.45 bits per heavy atom. The highest BCUT2D eigenvalue weighted by Crippen LogP contribution is 2.37. The predicted molar refractivity (Wildman–Crippen MR) is 141 cm³/mol. The maximum absolute atomic E-state index is 13.6. The topological polar surface area (TPSA) is 138 Å². The first-order chi connectivity index (χ1) is 18.1. The number of amides is 1. The largest absolute Gasteiger partial charge is 0.494 e. The lowest BCUT2D eigenvalue weighted by atomic mass is 10.1. The van der Waals surface area contributed by atoms with Gasteiger partial charge in [0.1, 0.15) is 22.9 Å². The third-order valence-electron chi connectivity index (χ3n) is 5.94. The van der Waals surface area contributed by atoms with E-state index in [9.17, 15) is 13.2 Å². The third kappa shape index (κ3) is 5.54. The molecule has 0 aliphatic heterocycles. The minimum atomic E-state index is -3.78. The van der Waals surface area contributed by atoms with Crippen molar-refractivity contribution in [1.82, 2.24) is 19.7 Å². The van der Waals surface area contributed by atoms with Gasteiger partial charge in [-0.25, -0.2) is 8.42 Å². The van der Waals surface area contributed by atoms with E-state index in [4.69, 9.17) is 13.9 Å². The second-order valence-electron chi connectivity index (χ2n) is 8.77. The van der Waals surface area contributed by atoms with Gasteiger partial charge in [0, 0.05) is 19.5 Å². The molecule has 1 N–H and O–H groups in total. The lowest BCUT2D eigenvalue weighted by Gasteiger charge is -2.18. The Hall–Kier alpha value is -4.19. The molecule has 4 rings (SSSR count). The van der Waals surface area contributed by atoms with Crippen LogP contribution in [0, 0.1) is 6.92 Å². The fraction of sp³-hybridized carbons (Fsp3) is 0.308. The van der Waals surface area contributed by atoms with E-state index in [2.05, 4.69) is 20.5 Å². The molecular weight excluding hydrogens is 510 g/mol. The van der Waals surface area contributed by atoms with Gasteiger partial charge in [-0.05, 0) is 49.7 Å². The van der Waals surface area contributed by atoms with Crippen LogP contribution in [0.4, 0.5) is 5.69 Å². The minimum Gasteiger partial charge on any atom is -0.494 e. The molecular formula is C26H29N5O6S. The second kappa shape index (κ2) is 11.1. The van der Waals surface area contributed by atoms with Crippen molar-refractivity contribution in [2.75, 3.05) is 19.5 Å². The van der Waals surface area contributed by atoms with Gasteiger partial charge in [-0.15, -0.1) is 10.2 Å². The molecule has 0 aliphatic carbocycles. The predicted octanol–water partition coefficient (Wildman–Crippen LogP) is 3.75. The van der Waals surface area contributed by atoms with Crippen LogP contribution in [0.3, 0.4) is 0 Å². The highest BCUT2D eigenvalue weighted by atomic mass is 32.2. The molecule has 0 radical (unpaired) electrons. The molecule has 0 saturated heterocycles. The van der Waals surface area contributed by atoms with Crippen molar-refractivity contribution in [3.63, 3.8) is 0 Å². The number of ether oxygens (including phenoxy) is 2. The lowest BCUT2D eigenvalue weighted by Crippen LogP contribution is -2.25. The molecule has 1 amide bonds. The molecule has 11 nitrogen and oxygen atoms in total. The zero-order valence-corrected chi connectivity index (χ0v) is 22.6. The van der Waals surface area contributed by atoms with Gasteiger partial charge in [-0.3, -0.25) is 14.3 Å². The van der Waals surface area contributed by atoms with Gasteiger partial charge in [-0.2, -0.15) is 0 Å². The summed E-state index contributed by atoms with van der Waals surface area (Å²) in [5.74, 6) is 1.03. The molecule has 0 fully saturated rings. The molecule has 200 valence electrons. The Morgan fingerprint density at radius 2 is 1.84 bits per heavy atom. The summed E-state index contributed by atoms with van der Waals surface area (Å²) in [6, 6.07) is 10.4. The van der Waals surface area contributed by atoms with Crippen LogP contribution in [-0.4, -0.2) is 53.5 Å². The summed E-state index contributed by atoms with van der Waals surface area (Å²) in [4.78, 5) is 16.1. The van der Waals surface area contributed by atoms with Crippen molar-refractivity contribution in [3.05, 3.63) is 65.9 Å². The normalized spacial score (nSPS) is 12.2. The average molecular weight is 540 g/mol. The molecule has 1 atom stereocenters. The van der Waals surface area contributed by atoms with Gasteiger partial charge in [0.25, 0.3) is 0 Å². The molecule has 0 spiro atoms. The summed E-state index contributed by atoms with van der Waals surface area (Å²) in [5.41, 5.74) is 2.25. The van der Waals surface area contributed by atoms with Crippen molar-refractivity contribution in [2.24, 2.45) is 0 Å². The van der Waals surface area contributed by atoms with Gasteiger partial charge in [0.2, 0.25) is 11.7 Å². The molecule has 0 aliphatic rings. The standard InChI is InChI=1S/C26H29N5O6S/c1-16-12-20(28-18(3)32)19(27-14-16)13-17(2)38(33,34)15-24-29-30-26(23-10-7-11-37-23)31(24)25-21(35-4)8-6-9-22(25)36-5/h6-12,14,17H,13,15H2,1-5H3,(H,28,32)/t17-/m1/s1. The van der Waals surface area contributed by atoms with Gasteiger partial charge in [0.15, 0.2) is 21.4 Å². The van der Waals surface area contributed by atoms with E-state index >= 15 is 0 Å². The number of hydrogen-bond acceptors (Lipinski definition) is 9. The highest BCUT2D eigenvalue weighted by Gasteiger charge is 2.30. The first kappa shape index (κ1) is 26.9. The number of aryl methyl sites for hydroxylation is 1. The maximum atomic E-state index is 13.6. The van der Waals surface area contributed by atoms with Crippen LogP contribution >= 0.6 is 0 Å². The number of pyridine rings is 1. The zero-order chi connectivity index (χ0) is 27.4. The fourth-order valence-corrected chi connectivity index (χ4v) is 5.28. The maximum Gasteiger partial charge on any atom is 0.221 e. The number of rotatable bonds is 10. The number of nitrogens with one attached hydrogen (secondary N) is 1. The number of hydrogen-bond donors (Lipinski definition) is 1. The first-order valence-electron chi connectivity index (χ1n) is 11.8. The Labute approximate surface area is 220 Å². The molecule has 3 heterocycles. The van der Waals surface area contributed by atoms with Crippen molar-refractivity contribution in [1.29, 1.82) is 0 Å². The molecule has 4 aromatic rings. The first-order valence-corrected chi connectivity index (χ1v) is 13.5. The Kier molecular flexibility index (Phi) is 7.81. The van der Waals surface area contributed by atoms with E-state index in [0.29, 0.717) is 40.2 Å². The number of para-hydroxylation sites is 1. The third-order valence-corrected chi connectivity index (χ3v) is 7.99. The molecule has 38 heavy (non-hydrogen) atoms. The van der Waals surface area contributed by atoms with Gasteiger partial charge in [-0.1, -0.05) is 6.07 Å². The summed E-state index contributed by atoms with van der Waals surface area (Å²) < 4.78 is 45.5. The molecule has 12 heteroatoms. The van der Waals surface area contributed by atoms with E-state index in [1.807, 2.05) is 6.92 Å². The number of methoxy groups -OCH3 is 2. The summed E-state index contributed by atoms with van der Waals surface area (Å²) >= 11 is 0. The van der Waals surface area contributed by atoms with Crippen LogP contribution in [0.15, 0.2) is 53.3 Å². The van der Waals surface area contributed by atoms with Crippen LogP contribution in [0.2, 0.25) is 0 Å². The lowest BCUT2D eigenvalue weighted by molar-refractivity contribution is -0.114. The van der Waals surface area contributed by atoms with Crippen molar-refractivity contribution < 1.29 is 27.1 Å². The second-order valence-corrected chi connectivity index (χ2v) is 11.2. The smallest absolute Gasteiger partial charge is 0.221 e. The average Bonchev–Trinajstić information content (AvgIpc) is 3.54. The summed E-state index contributed by atoms with van der Waals surface area (Å²) in [7, 11) is -0.763. The number of sulfone groups is 1. The number of furan rings is 1. The summed E-state index contributed by atoms with van der Waals surface area (Å²) in [6.07, 6.45) is 3.23. The summed E-state index contributed by atoms with van der Waals surface area (Å²) in [5, 5.41) is 10.4. The zero-order valence-electron chi connectivity index (χ0n) is 21.8. The van der Waals surface area contributed by atoms with Crippen LogP contribution in [0.25, 0.3) is 17.3 Å². The minimum absolute atomic E-state index is 0.0926. The van der Waals surface area contributed by atoms with E-state index < -0.39 is 20.8 Å². The molecule has 0 unspecified atom stereocenters. The van der Waals surface area contributed by atoms with Gasteiger partial charge in [0.05, 0.1) is 37.1 Å². The van der Waals surface area contributed by atoms with Crippen LogP contribution in [0.5, 0.6) is 11.5 Å². The van der Waals surface area contributed by atoms with Crippen LogP contribution in [-0.2, 0) is 26.8 Å². The van der Waals surface area contributed by atoms with Gasteiger partial charge < -0.3 is 19.2 Å². The Bertz CT molecular complexity index is 1520. The Balaban J connectivity index is 1.75. The fourth-order valence-electron chi connectivity index (χ4n) is 4.04. The highest BCUT2D eigenvalue weighted by molar-refractivity contribution is 7.91. The van der Waals surface area contributed by atoms with Gasteiger partial charge >= 0.3 is 0 Å². The van der Waals surface area contributed by atoms with Crippen molar-refractivity contribution >= 4 is 21.4 Å². The molecule has 1 aromatic carbocycles. The van der Waals surface area contributed by atoms with Crippen molar-refractivity contribution in [2.45, 2.75) is 38.2 Å². The van der Waals surface area contributed by atoms with E-state index in [-0.39, 0.29) is 18.2 Å². The summed E-state index contributed by atoms with van der Waals surface area (Å²) in [6.45, 7) is 4.84. The Morgan fingerprint density at radius 1 is 1.13 bits per heavy atom. The molecule has 0 bridgehead atoms.